The largest absolute Gasteiger partial charge is 0.417 e. The van der Waals surface area contributed by atoms with Gasteiger partial charge >= 0.3 is 6.18 Å². The van der Waals surface area contributed by atoms with Gasteiger partial charge in [-0.1, -0.05) is 0 Å². The van der Waals surface area contributed by atoms with Crippen LogP contribution in [0.15, 0.2) is 16.7 Å². The third-order valence-electron chi connectivity index (χ3n) is 2.43. The maximum atomic E-state index is 12.6. The van der Waals surface area contributed by atoms with Gasteiger partial charge in [-0.3, -0.25) is 0 Å². The normalized spacial score (nSPS) is 16.2. The summed E-state index contributed by atoms with van der Waals surface area (Å²) in [4.78, 5) is 3.89. The number of pyridine rings is 1. The Morgan fingerprint density at radius 3 is 2.69 bits per heavy atom. The topological polar surface area (TPSA) is 24.9 Å². The Hall–Kier alpha value is -0.780. The molecule has 0 aromatic carbocycles. The summed E-state index contributed by atoms with van der Waals surface area (Å²) in [6, 6.07) is 1.03. The Morgan fingerprint density at radius 1 is 1.44 bits per heavy atom. The van der Waals surface area contributed by atoms with Crippen LogP contribution in [0.3, 0.4) is 0 Å². The zero-order chi connectivity index (χ0) is 11.8. The van der Waals surface area contributed by atoms with Crippen LogP contribution in [0.1, 0.15) is 18.4 Å². The van der Waals surface area contributed by atoms with Crippen LogP contribution in [0.25, 0.3) is 0 Å². The Labute approximate surface area is 99.4 Å². The van der Waals surface area contributed by atoms with Crippen LogP contribution in [0.2, 0.25) is 0 Å². The first kappa shape index (κ1) is 11.7. The molecule has 1 aliphatic rings. The van der Waals surface area contributed by atoms with Gasteiger partial charge in [0.05, 0.1) is 5.56 Å². The monoisotopic (exact) mass is 294 g/mol. The van der Waals surface area contributed by atoms with Gasteiger partial charge in [0.1, 0.15) is 5.82 Å². The maximum Gasteiger partial charge on any atom is 0.417 e. The molecule has 0 aliphatic heterocycles. The molecule has 1 aliphatic carbocycles. The van der Waals surface area contributed by atoms with Gasteiger partial charge in [0.2, 0.25) is 0 Å². The molecule has 0 unspecified atom stereocenters. The van der Waals surface area contributed by atoms with Crippen LogP contribution in [-0.4, -0.2) is 11.5 Å². The van der Waals surface area contributed by atoms with E-state index in [0.29, 0.717) is 12.5 Å². The van der Waals surface area contributed by atoms with Crippen molar-refractivity contribution in [3.8, 4) is 0 Å². The second kappa shape index (κ2) is 4.24. The number of hydrogen-bond acceptors (Lipinski definition) is 2. The number of hydrogen-bond donors (Lipinski definition) is 1. The van der Waals surface area contributed by atoms with E-state index >= 15 is 0 Å². The number of anilines is 1. The smallest absolute Gasteiger partial charge is 0.370 e. The molecule has 1 N–H and O–H groups in total. The highest BCUT2D eigenvalue weighted by Gasteiger charge is 2.33. The zero-order valence-electron chi connectivity index (χ0n) is 8.31. The minimum Gasteiger partial charge on any atom is -0.370 e. The average molecular weight is 295 g/mol. The van der Waals surface area contributed by atoms with Gasteiger partial charge in [0, 0.05) is 17.2 Å². The van der Waals surface area contributed by atoms with Gasteiger partial charge in [0.15, 0.2) is 0 Å². The molecule has 0 amide bonds. The van der Waals surface area contributed by atoms with E-state index in [-0.39, 0.29) is 10.3 Å². The van der Waals surface area contributed by atoms with E-state index in [1.165, 1.54) is 6.20 Å². The molecule has 2 nitrogen and oxygen atoms in total. The predicted molar refractivity (Wildman–Crippen MR) is 58.2 cm³/mol. The van der Waals surface area contributed by atoms with Crippen LogP contribution in [0, 0.1) is 5.92 Å². The van der Waals surface area contributed by atoms with Crippen molar-refractivity contribution in [3.63, 3.8) is 0 Å². The molecule has 1 fully saturated rings. The van der Waals surface area contributed by atoms with E-state index < -0.39 is 11.7 Å². The molecule has 0 atom stereocenters. The lowest BCUT2D eigenvalue weighted by Gasteiger charge is -2.11. The highest BCUT2D eigenvalue weighted by molar-refractivity contribution is 9.10. The van der Waals surface area contributed by atoms with Crippen molar-refractivity contribution >= 4 is 21.7 Å². The number of aromatic nitrogens is 1. The Balaban J connectivity index is 2.13. The van der Waals surface area contributed by atoms with Crippen molar-refractivity contribution in [2.24, 2.45) is 5.92 Å². The van der Waals surface area contributed by atoms with E-state index in [4.69, 9.17) is 0 Å². The van der Waals surface area contributed by atoms with Crippen LogP contribution in [0.4, 0.5) is 19.0 Å². The van der Waals surface area contributed by atoms with Gasteiger partial charge < -0.3 is 5.32 Å². The molecule has 0 radical (unpaired) electrons. The van der Waals surface area contributed by atoms with Crippen molar-refractivity contribution in [1.82, 2.24) is 4.98 Å². The fraction of sp³-hybridized carbons (Fsp3) is 0.500. The fourth-order valence-corrected chi connectivity index (χ4v) is 1.77. The van der Waals surface area contributed by atoms with Crippen molar-refractivity contribution in [2.75, 3.05) is 11.9 Å². The summed E-state index contributed by atoms with van der Waals surface area (Å²) >= 11 is 2.85. The molecule has 1 aromatic rings. The third-order valence-corrected chi connectivity index (χ3v) is 3.06. The van der Waals surface area contributed by atoms with Crippen molar-refractivity contribution in [1.29, 1.82) is 0 Å². The highest BCUT2D eigenvalue weighted by Crippen LogP contribution is 2.36. The summed E-state index contributed by atoms with van der Waals surface area (Å²) in [5.74, 6) is 0.877. The molecule has 6 heteroatoms. The van der Waals surface area contributed by atoms with Crippen LogP contribution >= 0.6 is 15.9 Å². The molecule has 88 valence electrons. The van der Waals surface area contributed by atoms with Gasteiger partial charge in [0.25, 0.3) is 0 Å². The number of nitrogens with zero attached hydrogens (tertiary/aromatic N) is 1. The molecular formula is C10H10BrF3N2. The summed E-state index contributed by atoms with van der Waals surface area (Å²) in [5, 5.41) is 2.91. The van der Waals surface area contributed by atoms with Crippen molar-refractivity contribution < 1.29 is 13.2 Å². The van der Waals surface area contributed by atoms with Crippen molar-refractivity contribution in [2.45, 2.75) is 19.0 Å². The summed E-state index contributed by atoms with van der Waals surface area (Å²) in [5.41, 5.74) is -0.694. The van der Waals surface area contributed by atoms with E-state index in [0.717, 1.165) is 18.9 Å². The molecule has 16 heavy (non-hydrogen) atoms. The van der Waals surface area contributed by atoms with Gasteiger partial charge in [-0.25, -0.2) is 4.98 Å². The first-order valence-corrected chi connectivity index (χ1v) is 5.73. The molecule has 0 bridgehead atoms. The van der Waals surface area contributed by atoms with Crippen molar-refractivity contribution in [3.05, 3.63) is 22.3 Å². The van der Waals surface area contributed by atoms with E-state index in [1.807, 2.05) is 0 Å². The Kier molecular flexibility index (Phi) is 3.10. The second-order valence-electron chi connectivity index (χ2n) is 3.87. The number of nitrogens with one attached hydrogen (secondary N) is 1. The van der Waals surface area contributed by atoms with Gasteiger partial charge in [-0.05, 0) is 40.8 Å². The molecule has 1 aromatic heterocycles. The highest BCUT2D eigenvalue weighted by atomic mass is 79.9. The first-order chi connectivity index (χ1) is 7.47. The molecule has 2 rings (SSSR count). The first-order valence-electron chi connectivity index (χ1n) is 4.93. The summed E-state index contributed by atoms with van der Waals surface area (Å²) in [6.07, 6.45) is -0.874. The van der Waals surface area contributed by atoms with Crippen LogP contribution in [-0.2, 0) is 6.18 Å². The zero-order valence-corrected chi connectivity index (χ0v) is 9.90. The molecule has 1 heterocycles. The Morgan fingerprint density at radius 2 is 2.12 bits per heavy atom. The number of halogens is 4. The average Bonchev–Trinajstić information content (AvgIpc) is 2.98. The lowest BCUT2D eigenvalue weighted by atomic mass is 10.2. The fourth-order valence-electron chi connectivity index (χ4n) is 1.32. The lowest BCUT2D eigenvalue weighted by molar-refractivity contribution is -0.138. The molecular weight excluding hydrogens is 285 g/mol. The maximum absolute atomic E-state index is 12.6. The standard InChI is InChI=1S/C10H10BrF3N2/c11-8-5-16-9(15-4-6-1-2-6)3-7(8)10(12,13)14/h3,5-6H,1-2,4H2,(H,15,16). The van der Waals surface area contributed by atoms with Crippen LogP contribution < -0.4 is 5.32 Å². The quantitative estimate of drug-likeness (QED) is 0.920. The van der Waals surface area contributed by atoms with Gasteiger partial charge in [-0.15, -0.1) is 0 Å². The van der Waals surface area contributed by atoms with E-state index in [9.17, 15) is 13.2 Å². The number of alkyl halides is 3. The molecule has 0 spiro atoms. The summed E-state index contributed by atoms with van der Waals surface area (Å²) < 4.78 is 37.6. The minimum absolute atomic E-state index is 0.0306. The Bertz CT molecular complexity index is 388. The van der Waals surface area contributed by atoms with E-state index in [2.05, 4.69) is 26.2 Å². The lowest BCUT2D eigenvalue weighted by Crippen LogP contribution is -2.10. The summed E-state index contributed by atoms with van der Waals surface area (Å²) in [6.45, 7) is 0.700. The molecule has 1 saturated carbocycles. The summed E-state index contributed by atoms with van der Waals surface area (Å²) in [7, 11) is 0. The SMILES string of the molecule is FC(F)(F)c1cc(NCC2CC2)ncc1Br. The van der Waals surface area contributed by atoms with Gasteiger partial charge in [-0.2, -0.15) is 13.2 Å². The third kappa shape index (κ3) is 2.87. The van der Waals surface area contributed by atoms with E-state index in [1.54, 1.807) is 0 Å². The van der Waals surface area contributed by atoms with Crippen LogP contribution in [0.5, 0.6) is 0 Å². The molecule has 0 saturated heterocycles. The predicted octanol–water partition coefficient (Wildman–Crippen LogP) is 3.68. The second-order valence-corrected chi connectivity index (χ2v) is 4.73. The minimum atomic E-state index is -4.35. The number of rotatable bonds is 3.